The first-order valence-corrected chi connectivity index (χ1v) is 35.6. The number of carbonyl (C=O) groups excluding carboxylic acids is 10. The van der Waals surface area contributed by atoms with E-state index in [1.807, 2.05) is 24.3 Å². The molecule has 546 valence electrons. The molecule has 0 radical (unpaired) electrons. The lowest BCUT2D eigenvalue weighted by Gasteiger charge is -2.37. The number of thioether (sulfide) groups is 2. The van der Waals surface area contributed by atoms with Gasteiger partial charge in [-0.1, -0.05) is 48.5 Å². The molecule has 0 saturated carbocycles. The Hall–Kier alpha value is -11.3. The zero-order chi connectivity index (χ0) is 74.2. The number of benzene rings is 5. The van der Waals surface area contributed by atoms with Gasteiger partial charge in [-0.05, 0) is 114 Å². The third kappa shape index (κ3) is 20.1. The number of aliphatic carboxylic acids is 1. The molecule has 3 aromatic heterocycles. The second kappa shape index (κ2) is 34.6. The van der Waals surface area contributed by atoms with E-state index in [1.54, 1.807) is 12.1 Å². The predicted molar refractivity (Wildman–Crippen MR) is 381 cm³/mol. The highest BCUT2D eigenvalue weighted by molar-refractivity contribution is 7.98. The minimum Gasteiger partial charge on any atom is -0.508 e. The van der Waals surface area contributed by atoms with E-state index in [4.69, 9.17) is 5.73 Å². The third-order valence-electron chi connectivity index (χ3n) is 18.0. The van der Waals surface area contributed by atoms with Gasteiger partial charge in [0.1, 0.15) is 71.0 Å². The molecule has 0 unspecified atom stereocenters. The van der Waals surface area contributed by atoms with Gasteiger partial charge in [-0.2, -0.15) is 23.5 Å². The van der Waals surface area contributed by atoms with Crippen molar-refractivity contribution in [2.75, 3.05) is 24.6 Å². The predicted octanol–water partition coefficient (Wildman–Crippen LogP) is 3.00. The van der Waals surface area contributed by atoms with E-state index in [1.165, 1.54) is 127 Å². The molecular formula is C72H78F2N14O14S2. The zero-order valence-electron chi connectivity index (χ0n) is 56.2. The van der Waals surface area contributed by atoms with E-state index in [9.17, 15) is 57.7 Å². The van der Waals surface area contributed by atoms with Crippen molar-refractivity contribution in [3.8, 4) is 11.5 Å². The number of amides is 10. The lowest BCUT2D eigenvalue weighted by Crippen LogP contribution is -2.63. The van der Waals surface area contributed by atoms with Crippen LogP contribution in [0.1, 0.15) is 71.7 Å². The van der Waals surface area contributed by atoms with Gasteiger partial charge in [0.05, 0.1) is 19.3 Å². The van der Waals surface area contributed by atoms with Gasteiger partial charge in [0.2, 0.25) is 59.1 Å². The lowest BCUT2D eigenvalue weighted by molar-refractivity contribution is -0.147. The van der Waals surface area contributed by atoms with Crippen LogP contribution in [0.3, 0.4) is 0 Å². The van der Waals surface area contributed by atoms with Gasteiger partial charge in [0.15, 0.2) is 0 Å². The maximum atomic E-state index is 15.2. The highest BCUT2D eigenvalue weighted by Gasteiger charge is 2.49. The van der Waals surface area contributed by atoms with Crippen molar-refractivity contribution >= 4 is 110 Å². The molecule has 0 spiro atoms. The van der Waals surface area contributed by atoms with Gasteiger partial charge in [0.25, 0.3) is 0 Å². The molecule has 2 aliphatic rings. The number of aromatic amines is 3. The molecular weight excluding hydrogens is 1390 g/mol. The summed E-state index contributed by atoms with van der Waals surface area (Å²) < 4.78 is 29.9. The monoisotopic (exact) mass is 1460 g/mol. The Balaban J connectivity index is 0.989. The molecule has 1 saturated heterocycles. The highest BCUT2D eigenvalue weighted by atomic mass is 32.2. The Morgan fingerprint density at radius 2 is 1.12 bits per heavy atom. The summed E-state index contributed by atoms with van der Waals surface area (Å²) in [4.78, 5) is 172. The average molecular weight is 1470 g/mol. The van der Waals surface area contributed by atoms with Gasteiger partial charge in [-0.15, -0.1) is 0 Å². The summed E-state index contributed by atoms with van der Waals surface area (Å²) in [7, 11) is 0. The summed E-state index contributed by atoms with van der Waals surface area (Å²) in [6.45, 7) is 0.723. The van der Waals surface area contributed by atoms with Crippen molar-refractivity contribution in [3.05, 3.63) is 185 Å². The minimum absolute atomic E-state index is 0.00762. The van der Waals surface area contributed by atoms with Crippen LogP contribution in [0.5, 0.6) is 11.5 Å². The molecule has 2 bridgehead atoms. The number of hydrogen-bond acceptors (Lipinski definition) is 16. The number of halogens is 2. The second-order valence-corrected chi connectivity index (χ2v) is 27.8. The summed E-state index contributed by atoms with van der Waals surface area (Å²) in [5.74, 6) is -11.2. The highest BCUT2D eigenvalue weighted by Crippen LogP contribution is 2.32. The third-order valence-corrected chi connectivity index (χ3v) is 20.1. The van der Waals surface area contributed by atoms with E-state index in [0.29, 0.717) is 56.8 Å². The molecule has 104 heavy (non-hydrogen) atoms. The smallest absolute Gasteiger partial charge is 0.305 e. The Morgan fingerprint density at radius 3 is 1.68 bits per heavy atom. The molecule has 16 N–H and O–H groups in total. The van der Waals surface area contributed by atoms with E-state index < -0.39 is 150 Å². The van der Waals surface area contributed by atoms with Gasteiger partial charge in [-0.3, -0.25) is 52.7 Å². The SMILES string of the molecule is C[C@@]12CCCN1C(=O)[C@H](Cc1ccc(O)cc1)NC(=O)[C@H](Cc1cnc[nH]1)NC(=O)[C@H](CC(=O)O)NC(=O)[C@H](Cc1c[nH]c3ccc(F)cc13)NC(=O)[C@H](Cc1c[nH]c3ccc(F)cc13)NC(=O)CNC(=O)[C@H](Cc1ccc(O)cc1)NC(=O)CCSCc1cccc(c1)CSC[C@@H](C(N)=O)NC2=O. The molecule has 32 heteroatoms. The number of carboxylic acid groups (broad SMARTS) is 1. The van der Waals surface area contributed by atoms with Crippen molar-refractivity contribution in [2.45, 2.75) is 124 Å². The number of phenolic OH excluding ortho intramolecular Hbond substituents is 2. The topological polar surface area (TPSA) is 434 Å². The van der Waals surface area contributed by atoms with Crippen LogP contribution in [0, 0.1) is 11.6 Å². The van der Waals surface area contributed by atoms with Crippen LogP contribution in [-0.2, 0) is 96.3 Å². The average Bonchev–Trinajstić information content (AvgIpc) is 1.51. The maximum absolute atomic E-state index is 15.2. The van der Waals surface area contributed by atoms with Crippen molar-refractivity contribution in [3.63, 3.8) is 0 Å². The summed E-state index contributed by atoms with van der Waals surface area (Å²) in [6, 6.07) is 15.5. The zero-order valence-corrected chi connectivity index (χ0v) is 57.9. The second-order valence-electron chi connectivity index (χ2n) is 25.7. The molecule has 5 heterocycles. The number of nitrogens with two attached hydrogens (primary N) is 1. The fraction of sp³-hybridized carbons (Fsp3) is 0.333. The molecule has 28 nitrogen and oxygen atoms in total. The number of imidazole rings is 1. The van der Waals surface area contributed by atoms with Crippen LogP contribution in [0.2, 0.25) is 0 Å². The van der Waals surface area contributed by atoms with Crippen molar-refractivity contribution in [1.29, 1.82) is 0 Å². The molecule has 1 fully saturated rings. The first-order chi connectivity index (χ1) is 49.8. The summed E-state index contributed by atoms with van der Waals surface area (Å²) >= 11 is 2.75. The van der Waals surface area contributed by atoms with Crippen LogP contribution in [0.25, 0.3) is 21.8 Å². The van der Waals surface area contributed by atoms with Crippen molar-refractivity contribution in [2.24, 2.45) is 5.73 Å². The number of nitrogens with one attached hydrogen (secondary N) is 11. The molecule has 8 atom stereocenters. The largest absolute Gasteiger partial charge is 0.508 e. The molecule has 0 aliphatic carbocycles. The number of aromatic hydroxyl groups is 2. The Morgan fingerprint density at radius 1 is 0.596 bits per heavy atom. The molecule has 5 aromatic carbocycles. The summed E-state index contributed by atoms with van der Waals surface area (Å²) in [6.07, 6.45) is 3.09. The number of hydrogen-bond donors (Lipinski definition) is 15. The number of fused-ring (bicyclic) bond motifs is 5. The Bertz CT molecular complexity index is 4480. The number of H-pyrrole nitrogens is 3. The fourth-order valence-corrected chi connectivity index (χ4v) is 14.4. The normalized spacial score (nSPS) is 22.4. The standard InChI is InChI=1S/C72H78F2N14O14S2/c1-72-19-3-20-88(72)70(101)59(24-40-8-14-49(90)15-9-40)86-68(99)57(29-47-33-76-38-80-47)84-69(100)58(30-63(93)94)85-67(98)56(26-44-32-78-53-17-11-46(74)28-51(44)53)83-66(97)55(25-43-31-77-52-16-10-45(73)27-50(43)52)82-62(92)34-79-65(96)54(23-39-6-12-48(89)13-7-39)81-61(91)18-21-103-35-41-4-2-5-42(22-41)36-104-37-60(64(75)95)87-71(72)102/h2,4-17,22,27-28,31-33,38,54-60,77-78,89-90H,3,18-21,23-26,29-30,34-37H2,1H3,(H2,75,95)(H,76,80)(H,79,96)(H,81,91)(H,82,92)(H,83,97)(H,84,100)(H,85,98)(H,86,99)(H,87,102)(H,93,94)/t54-,55-,56-,57-,58-,59-,60-,72-/m0/s1. The molecule has 10 rings (SSSR count). The first kappa shape index (κ1) is 75.4. The Kier molecular flexibility index (Phi) is 25.1. The van der Waals surface area contributed by atoms with Crippen LogP contribution in [-0.4, -0.2) is 178 Å². The van der Waals surface area contributed by atoms with Gasteiger partial charge in [0, 0.05) is 114 Å². The van der Waals surface area contributed by atoms with Crippen LogP contribution in [0.4, 0.5) is 8.78 Å². The fourth-order valence-electron chi connectivity index (χ4n) is 12.5. The summed E-state index contributed by atoms with van der Waals surface area (Å²) in [5.41, 5.74) is 8.60. The van der Waals surface area contributed by atoms with Gasteiger partial charge >= 0.3 is 5.97 Å². The van der Waals surface area contributed by atoms with Crippen LogP contribution in [0.15, 0.2) is 134 Å². The lowest BCUT2D eigenvalue weighted by atomic mass is 9.95. The van der Waals surface area contributed by atoms with Crippen LogP contribution >= 0.6 is 23.5 Å². The molecule has 10 amide bonds. The summed E-state index contributed by atoms with van der Waals surface area (Å²) in [5, 5.41) is 52.1. The molecule has 2 aliphatic heterocycles. The first-order valence-electron chi connectivity index (χ1n) is 33.3. The minimum atomic E-state index is -2.06. The van der Waals surface area contributed by atoms with Gasteiger partial charge < -0.3 is 83.4 Å². The number of nitrogens with zero attached hydrogens (tertiary/aromatic N) is 2. The van der Waals surface area contributed by atoms with E-state index in [-0.39, 0.29) is 72.5 Å². The van der Waals surface area contributed by atoms with E-state index in [2.05, 4.69) is 62.5 Å². The number of carbonyl (C=O) groups is 11. The number of primary amides is 1. The van der Waals surface area contributed by atoms with Crippen molar-refractivity contribution < 1.29 is 76.8 Å². The van der Waals surface area contributed by atoms with Gasteiger partial charge in [-0.25, -0.2) is 13.8 Å². The molecule has 8 aromatic rings. The van der Waals surface area contributed by atoms with E-state index >= 15 is 19.2 Å². The van der Waals surface area contributed by atoms with Crippen LogP contribution < -0.4 is 48.3 Å². The quantitative estimate of drug-likeness (QED) is 0.0789. The maximum Gasteiger partial charge on any atom is 0.305 e. The number of carboxylic acids is 1. The number of aromatic nitrogens is 4. The Labute approximate surface area is 602 Å². The number of rotatable bonds is 13. The number of phenols is 2. The van der Waals surface area contributed by atoms with E-state index in [0.717, 1.165) is 17.2 Å². The van der Waals surface area contributed by atoms with Crippen molar-refractivity contribution in [1.82, 2.24) is 67.4 Å².